The molecule has 0 bridgehead atoms. The van der Waals surface area contributed by atoms with Gasteiger partial charge in [0.1, 0.15) is 0 Å². The molecule has 1 amide bonds. The molecule has 1 aliphatic carbocycles. The number of carbonyl (C=O) groups is 1. The first-order valence-electron chi connectivity index (χ1n) is 8.52. The fourth-order valence-electron chi connectivity index (χ4n) is 4.19. The summed E-state index contributed by atoms with van der Waals surface area (Å²) in [5, 5.41) is 6.80. The summed E-state index contributed by atoms with van der Waals surface area (Å²) in [6, 6.07) is 6.58. The molecular weight excluding hydrogens is 372 g/mol. The molecular formula is C18H23BrN2OS. The first kappa shape index (κ1) is 16.0. The van der Waals surface area contributed by atoms with Crippen molar-refractivity contribution in [3.05, 3.63) is 28.2 Å². The van der Waals surface area contributed by atoms with Gasteiger partial charge in [-0.2, -0.15) is 0 Å². The summed E-state index contributed by atoms with van der Waals surface area (Å²) in [4.78, 5) is 14.1. The highest BCUT2D eigenvalue weighted by molar-refractivity contribution is 9.10. The van der Waals surface area contributed by atoms with Crippen molar-refractivity contribution >= 4 is 33.6 Å². The van der Waals surface area contributed by atoms with Crippen LogP contribution in [0.1, 0.15) is 37.8 Å². The summed E-state index contributed by atoms with van der Waals surface area (Å²) in [7, 11) is 0. The second-order valence-electron chi connectivity index (χ2n) is 7.33. The number of nitrogens with one attached hydrogen (secondary N) is 2. The van der Waals surface area contributed by atoms with E-state index in [-0.39, 0.29) is 17.9 Å². The van der Waals surface area contributed by atoms with E-state index in [2.05, 4.69) is 51.7 Å². The number of piperidine rings is 1. The van der Waals surface area contributed by atoms with Gasteiger partial charge in [-0.3, -0.25) is 4.79 Å². The summed E-state index contributed by atoms with van der Waals surface area (Å²) in [5.41, 5.74) is 1.58. The van der Waals surface area contributed by atoms with E-state index in [0.29, 0.717) is 11.3 Å². The Balaban J connectivity index is 1.50. The van der Waals surface area contributed by atoms with Gasteiger partial charge in [-0.25, -0.2) is 0 Å². The summed E-state index contributed by atoms with van der Waals surface area (Å²) in [5.74, 6) is 2.05. The minimum atomic E-state index is 0.149. The van der Waals surface area contributed by atoms with Crippen molar-refractivity contribution in [2.45, 2.75) is 37.1 Å². The molecule has 0 aromatic heterocycles. The minimum Gasteiger partial charge on any atom is -0.349 e. The number of benzene rings is 1. The van der Waals surface area contributed by atoms with Crippen LogP contribution in [0.4, 0.5) is 0 Å². The van der Waals surface area contributed by atoms with Crippen molar-refractivity contribution in [2.75, 3.05) is 18.8 Å². The van der Waals surface area contributed by atoms with Gasteiger partial charge in [0.15, 0.2) is 0 Å². The van der Waals surface area contributed by atoms with Crippen molar-refractivity contribution in [3.8, 4) is 0 Å². The molecule has 0 radical (unpaired) electrons. The number of amides is 1. The SMILES string of the molecule is CC1CSc2ccc(Br)cc2C1NC(=O)C1CC12CCNCC2. The maximum atomic E-state index is 12.8. The lowest BCUT2D eigenvalue weighted by Crippen LogP contribution is -2.38. The highest BCUT2D eigenvalue weighted by Crippen LogP contribution is 2.58. The van der Waals surface area contributed by atoms with Crippen molar-refractivity contribution in [3.63, 3.8) is 0 Å². The molecule has 1 spiro atoms. The van der Waals surface area contributed by atoms with Crippen molar-refractivity contribution in [2.24, 2.45) is 17.3 Å². The standard InChI is InChI=1S/C18H23BrN2OS/c1-11-10-23-15-3-2-12(19)8-13(15)16(11)21-17(22)14-9-18(14)4-6-20-7-5-18/h2-3,8,11,14,16,20H,4-7,9-10H2,1H3,(H,21,22). The maximum Gasteiger partial charge on any atom is 0.224 e. The Hall–Kier alpha value is -0.520. The molecule has 2 heterocycles. The van der Waals surface area contributed by atoms with Crippen molar-refractivity contribution < 1.29 is 4.79 Å². The van der Waals surface area contributed by atoms with Crippen LogP contribution in [0.25, 0.3) is 0 Å². The lowest BCUT2D eigenvalue weighted by Gasteiger charge is -2.32. The average molecular weight is 395 g/mol. The fraction of sp³-hybridized carbons (Fsp3) is 0.611. The number of carbonyl (C=O) groups excluding carboxylic acids is 1. The molecule has 2 fully saturated rings. The summed E-state index contributed by atoms with van der Waals surface area (Å²) in [6.07, 6.45) is 3.40. The smallest absolute Gasteiger partial charge is 0.224 e. The summed E-state index contributed by atoms with van der Waals surface area (Å²) >= 11 is 5.48. The number of halogens is 1. The molecule has 3 unspecified atom stereocenters. The van der Waals surface area contributed by atoms with E-state index in [4.69, 9.17) is 0 Å². The number of fused-ring (bicyclic) bond motifs is 1. The molecule has 1 saturated heterocycles. The molecule has 1 aromatic rings. The first-order valence-corrected chi connectivity index (χ1v) is 10.3. The number of thioether (sulfide) groups is 1. The zero-order valence-corrected chi connectivity index (χ0v) is 15.8. The summed E-state index contributed by atoms with van der Waals surface area (Å²) < 4.78 is 1.09. The Morgan fingerprint density at radius 3 is 2.96 bits per heavy atom. The minimum absolute atomic E-state index is 0.149. The molecule has 3 aliphatic rings. The van der Waals surface area contributed by atoms with Crippen LogP contribution in [0.5, 0.6) is 0 Å². The van der Waals surface area contributed by atoms with Crippen LogP contribution in [0.3, 0.4) is 0 Å². The Morgan fingerprint density at radius 2 is 2.17 bits per heavy atom. The Kier molecular flexibility index (Phi) is 4.23. The third-order valence-electron chi connectivity index (χ3n) is 5.78. The molecule has 1 aromatic carbocycles. The van der Waals surface area contributed by atoms with Crippen LogP contribution in [0.15, 0.2) is 27.6 Å². The van der Waals surface area contributed by atoms with E-state index >= 15 is 0 Å². The highest BCUT2D eigenvalue weighted by atomic mass is 79.9. The van der Waals surface area contributed by atoms with Gasteiger partial charge in [-0.1, -0.05) is 22.9 Å². The zero-order valence-electron chi connectivity index (χ0n) is 13.4. The Bertz CT molecular complexity index is 629. The van der Waals surface area contributed by atoms with E-state index in [1.165, 1.54) is 10.5 Å². The van der Waals surface area contributed by atoms with Gasteiger partial charge >= 0.3 is 0 Å². The lowest BCUT2D eigenvalue weighted by molar-refractivity contribution is -0.124. The molecule has 3 atom stereocenters. The van der Waals surface area contributed by atoms with Crippen LogP contribution < -0.4 is 10.6 Å². The fourth-order valence-corrected chi connectivity index (χ4v) is 5.72. The van der Waals surface area contributed by atoms with Gasteiger partial charge in [0.2, 0.25) is 5.91 Å². The van der Waals surface area contributed by atoms with Gasteiger partial charge in [0.25, 0.3) is 0 Å². The Morgan fingerprint density at radius 1 is 1.39 bits per heavy atom. The number of hydrogen-bond donors (Lipinski definition) is 2. The normalized spacial score (nSPS) is 31.5. The van der Waals surface area contributed by atoms with Crippen LogP contribution >= 0.6 is 27.7 Å². The quantitative estimate of drug-likeness (QED) is 0.802. The average Bonchev–Trinajstić information content (AvgIpc) is 3.24. The monoisotopic (exact) mass is 394 g/mol. The van der Waals surface area contributed by atoms with E-state index in [0.717, 1.165) is 42.6 Å². The number of rotatable bonds is 2. The molecule has 5 heteroatoms. The molecule has 4 rings (SSSR count). The molecule has 2 N–H and O–H groups in total. The molecule has 23 heavy (non-hydrogen) atoms. The van der Waals surface area contributed by atoms with E-state index in [1.54, 1.807) is 0 Å². The van der Waals surface area contributed by atoms with E-state index in [9.17, 15) is 4.79 Å². The van der Waals surface area contributed by atoms with Gasteiger partial charge in [-0.15, -0.1) is 11.8 Å². The number of hydrogen-bond acceptors (Lipinski definition) is 3. The topological polar surface area (TPSA) is 41.1 Å². The second kappa shape index (κ2) is 6.08. The molecule has 3 nitrogen and oxygen atoms in total. The molecule has 2 aliphatic heterocycles. The van der Waals surface area contributed by atoms with Crippen LogP contribution in [-0.4, -0.2) is 24.7 Å². The van der Waals surface area contributed by atoms with E-state index < -0.39 is 0 Å². The van der Waals surface area contributed by atoms with Crippen LogP contribution in [0, 0.1) is 17.3 Å². The third-order valence-corrected chi connectivity index (χ3v) is 7.65. The van der Waals surface area contributed by atoms with Gasteiger partial charge < -0.3 is 10.6 Å². The first-order chi connectivity index (χ1) is 11.1. The lowest BCUT2D eigenvalue weighted by atomic mass is 9.91. The maximum absolute atomic E-state index is 12.8. The summed E-state index contributed by atoms with van der Waals surface area (Å²) in [6.45, 7) is 4.38. The van der Waals surface area contributed by atoms with Crippen LogP contribution in [0.2, 0.25) is 0 Å². The highest BCUT2D eigenvalue weighted by Gasteiger charge is 2.57. The Labute approximate surface area is 150 Å². The van der Waals surface area contributed by atoms with E-state index in [1.807, 2.05) is 11.8 Å². The third kappa shape index (κ3) is 2.96. The molecule has 1 saturated carbocycles. The van der Waals surface area contributed by atoms with Crippen LogP contribution in [-0.2, 0) is 4.79 Å². The van der Waals surface area contributed by atoms with Crippen molar-refractivity contribution in [1.29, 1.82) is 0 Å². The van der Waals surface area contributed by atoms with Crippen molar-refractivity contribution in [1.82, 2.24) is 10.6 Å². The zero-order chi connectivity index (χ0) is 16.0. The second-order valence-corrected chi connectivity index (χ2v) is 9.30. The largest absolute Gasteiger partial charge is 0.349 e. The van der Waals surface area contributed by atoms with Gasteiger partial charge in [0, 0.05) is 21.0 Å². The molecule has 124 valence electrons. The van der Waals surface area contributed by atoms with Gasteiger partial charge in [-0.05, 0) is 67.4 Å². The predicted molar refractivity (Wildman–Crippen MR) is 97.6 cm³/mol. The predicted octanol–water partition coefficient (Wildman–Crippen LogP) is 3.74. The van der Waals surface area contributed by atoms with Gasteiger partial charge in [0.05, 0.1) is 6.04 Å².